The Labute approximate surface area is 457 Å². The summed E-state index contributed by atoms with van der Waals surface area (Å²) in [6.45, 7) is 5.91. The second-order valence-corrected chi connectivity index (χ2v) is 19.4. The minimum atomic E-state index is -1.77. The van der Waals surface area contributed by atoms with Crippen LogP contribution in [0.4, 0.5) is 9.59 Å². The first-order valence-corrected chi connectivity index (χ1v) is 26.0. The maximum absolute atomic E-state index is 14.7. The normalized spacial score (nSPS) is 13.7. The van der Waals surface area contributed by atoms with Crippen molar-refractivity contribution in [1.29, 1.82) is 0 Å². The van der Waals surface area contributed by atoms with Crippen molar-refractivity contribution in [2.24, 2.45) is 23.1 Å². The average molecular weight is 1110 g/mol. The topological polar surface area (TPSA) is 440 Å². The fourth-order valence-corrected chi connectivity index (χ4v) is 7.91. The van der Waals surface area contributed by atoms with Crippen LogP contribution in [-0.4, -0.2) is 171 Å². The molecule has 3 rings (SSSR count). The molecule has 436 valence electrons. The summed E-state index contributed by atoms with van der Waals surface area (Å²) in [6, 6.07) is 2.17. The van der Waals surface area contributed by atoms with Gasteiger partial charge in [0.2, 0.25) is 47.3 Å². The molecule has 2 aromatic carbocycles. The zero-order chi connectivity index (χ0) is 58.8. The molecular weight excluding hydrogens is 1030 g/mol. The predicted molar refractivity (Wildman–Crippen MR) is 289 cm³/mol. The summed E-state index contributed by atoms with van der Waals surface area (Å²) in [7, 11) is 0. The van der Waals surface area contributed by atoms with Gasteiger partial charge >= 0.3 is 12.1 Å². The van der Waals surface area contributed by atoms with Crippen LogP contribution in [0.3, 0.4) is 0 Å². The van der Waals surface area contributed by atoms with Gasteiger partial charge in [-0.25, -0.2) is 25.0 Å². The highest BCUT2D eigenvalue weighted by Crippen LogP contribution is 2.20. The van der Waals surface area contributed by atoms with Crippen LogP contribution in [0.2, 0.25) is 0 Å². The van der Waals surface area contributed by atoms with Crippen LogP contribution >= 0.6 is 0 Å². The number of H-pyrrole nitrogens is 1. The number of fused-ring (bicyclic) bond motifs is 1. The van der Waals surface area contributed by atoms with Crippen LogP contribution in [0, 0.1) is 5.92 Å². The minimum Gasteiger partial charge on any atom is -0.508 e. The fourth-order valence-electron chi connectivity index (χ4n) is 7.91. The largest absolute Gasteiger partial charge is 0.508 e. The van der Waals surface area contributed by atoms with Crippen LogP contribution in [0.5, 0.6) is 5.75 Å². The standard InChI is InChI=1S/C51H79N15O13/c1-29(2)22-39(45(73)56-26-43(54)71)59-44(72)31(4)57-46(74)38(14-8-9-19-52)58-48(76)41(24-34-25-55-37-13-7-6-12-36(34)37)61-47(75)40(23-33-15-17-35(70)18-16-33)60-49(77)42(28-67)62-50(78)65(21-11-10-20-53)64-51(79)66(27-30(3)68)63-32(5)69/h6-7,12-13,15-18,25,29-31,38-42,55,67-68,70H,8-11,14,19-24,26-28,52-53H2,1-5H3,(H2,54,71)(H,56,73)(H,57,74)(H,58,76)(H,59,72)(H,60,77)(H,61,75)(H,62,78)(H,63,69)(H,64,79)/t30-,31-,38-,39-,40-,41-,42-/m0/s1. The summed E-state index contributed by atoms with van der Waals surface area (Å²) < 4.78 is 0. The summed E-state index contributed by atoms with van der Waals surface area (Å²) in [4.78, 5) is 137. The molecule has 79 heavy (non-hydrogen) atoms. The quantitative estimate of drug-likeness (QED) is 0.0231. The number of phenols is 1. The molecule has 0 bridgehead atoms. The van der Waals surface area contributed by atoms with E-state index >= 15 is 0 Å². The van der Waals surface area contributed by atoms with E-state index in [1.165, 1.54) is 38.1 Å². The Bertz CT molecular complexity index is 2530. The van der Waals surface area contributed by atoms with Crippen molar-refractivity contribution in [3.05, 3.63) is 65.9 Å². The third-order valence-corrected chi connectivity index (χ3v) is 11.9. The van der Waals surface area contributed by atoms with E-state index in [-0.39, 0.29) is 70.0 Å². The van der Waals surface area contributed by atoms with Gasteiger partial charge in [0.25, 0.3) is 0 Å². The molecule has 7 atom stereocenters. The average Bonchev–Trinajstić information content (AvgIpc) is 3.80. The molecule has 0 radical (unpaired) electrons. The van der Waals surface area contributed by atoms with E-state index in [0.29, 0.717) is 41.3 Å². The Morgan fingerprint density at radius 2 is 1.22 bits per heavy atom. The van der Waals surface area contributed by atoms with Crippen molar-refractivity contribution in [3.63, 3.8) is 0 Å². The lowest BCUT2D eigenvalue weighted by Crippen LogP contribution is -2.62. The number of nitrogens with one attached hydrogen (secondary N) is 10. The van der Waals surface area contributed by atoms with Gasteiger partial charge in [0.1, 0.15) is 42.0 Å². The Morgan fingerprint density at radius 1 is 0.633 bits per heavy atom. The highest BCUT2D eigenvalue weighted by atomic mass is 16.3. The summed E-state index contributed by atoms with van der Waals surface area (Å²) >= 11 is 0. The number of aliphatic hydroxyl groups excluding tert-OH is 2. The first kappa shape index (κ1) is 65.2. The summed E-state index contributed by atoms with van der Waals surface area (Å²) in [5, 5.41) is 50.5. The lowest BCUT2D eigenvalue weighted by atomic mass is 10.0. The number of hydrogen-bond acceptors (Lipinski definition) is 15. The number of aromatic nitrogens is 1. The molecule has 0 fully saturated rings. The number of nitrogens with two attached hydrogens (primary N) is 3. The zero-order valence-corrected chi connectivity index (χ0v) is 45.3. The van der Waals surface area contributed by atoms with Crippen molar-refractivity contribution < 1.29 is 63.3 Å². The van der Waals surface area contributed by atoms with E-state index in [1.807, 2.05) is 13.8 Å². The van der Waals surface area contributed by atoms with Crippen molar-refractivity contribution in [3.8, 4) is 5.75 Å². The molecule has 0 saturated heterocycles. The molecular formula is C51H79N15O13. The van der Waals surface area contributed by atoms with Crippen LogP contribution < -0.4 is 65.3 Å². The highest BCUT2D eigenvalue weighted by Gasteiger charge is 2.34. The molecule has 0 aliphatic heterocycles. The maximum Gasteiger partial charge on any atom is 0.355 e. The van der Waals surface area contributed by atoms with Gasteiger partial charge in [-0.15, -0.1) is 0 Å². The molecule has 19 N–H and O–H groups in total. The highest BCUT2D eigenvalue weighted by molar-refractivity contribution is 5.98. The Morgan fingerprint density at radius 3 is 1.81 bits per heavy atom. The van der Waals surface area contributed by atoms with Crippen LogP contribution in [-0.2, 0) is 51.2 Å². The third kappa shape index (κ3) is 22.8. The lowest BCUT2D eigenvalue weighted by Gasteiger charge is -2.30. The number of unbranched alkanes of at least 4 members (excludes halogenated alkanes) is 2. The number of benzene rings is 2. The van der Waals surface area contributed by atoms with E-state index < -0.39 is 115 Å². The number of urea groups is 2. The van der Waals surface area contributed by atoms with Gasteiger partial charge in [-0.2, -0.15) is 0 Å². The monoisotopic (exact) mass is 1110 g/mol. The van der Waals surface area contributed by atoms with E-state index in [0.717, 1.165) is 16.9 Å². The number of carbonyl (C=O) groups excluding carboxylic acids is 10. The lowest BCUT2D eigenvalue weighted by molar-refractivity contribution is -0.135. The first-order valence-electron chi connectivity index (χ1n) is 26.0. The van der Waals surface area contributed by atoms with Gasteiger partial charge in [-0.05, 0) is 101 Å². The Kier molecular flexibility index (Phi) is 27.5. The Hall–Kier alpha value is -8.08. The van der Waals surface area contributed by atoms with Crippen molar-refractivity contribution in [1.82, 2.24) is 63.1 Å². The van der Waals surface area contributed by atoms with Crippen LogP contribution in [0.15, 0.2) is 54.7 Å². The zero-order valence-electron chi connectivity index (χ0n) is 45.3. The minimum absolute atomic E-state index is 0.0275. The number of aromatic amines is 1. The van der Waals surface area contributed by atoms with E-state index in [1.54, 1.807) is 30.5 Å². The molecule has 28 heteroatoms. The number of primary amides is 1. The summed E-state index contributed by atoms with van der Waals surface area (Å²) in [6.07, 6.45) is 1.71. The number of nitrogens with zero attached hydrogens (tertiary/aromatic N) is 2. The maximum atomic E-state index is 14.7. The van der Waals surface area contributed by atoms with Crippen molar-refractivity contribution >= 4 is 70.2 Å². The first-order chi connectivity index (χ1) is 37.5. The number of phenolic OH excluding ortho intramolecular Hbond substituents is 1. The van der Waals surface area contributed by atoms with Gasteiger partial charge in [0, 0.05) is 43.4 Å². The predicted octanol–water partition coefficient (Wildman–Crippen LogP) is -2.65. The van der Waals surface area contributed by atoms with Crippen molar-refractivity contribution in [2.45, 2.75) is 128 Å². The molecule has 1 heterocycles. The molecule has 0 aliphatic carbocycles. The number of carbonyl (C=O) groups is 10. The third-order valence-electron chi connectivity index (χ3n) is 11.9. The molecule has 3 aromatic rings. The molecule has 1 aromatic heterocycles. The molecule has 28 nitrogen and oxygen atoms in total. The number of rotatable bonds is 31. The molecule has 0 aliphatic rings. The number of aliphatic hydroxyl groups is 2. The SMILES string of the molecule is CC(=O)NN(C[C@H](C)O)C(=O)NN(CCCCN)C(=O)N[C@@H](CO)C(=O)N[C@@H](Cc1ccc(O)cc1)C(=O)N[C@@H](Cc1c[nH]c2ccccc12)C(=O)N[C@@H](CCCCN)C(=O)N[C@@H](C)C(=O)N[C@@H](CC(C)C)C(=O)NCC(N)=O. The summed E-state index contributed by atoms with van der Waals surface area (Å²) in [5.41, 5.74) is 22.8. The molecule has 12 amide bonds. The number of hydrogen-bond donors (Lipinski definition) is 16. The van der Waals surface area contributed by atoms with Gasteiger partial charge < -0.3 is 74.7 Å². The second-order valence-electron chi connectivity index (χ2n) is 19.4. The molecule has 0 saturated carbocycles. The second kappa shape index (κ2) is 33.3. The van der Waals surface area contributed by atoms with E-state index in [2.05, 4.69) is 53.1 Å². The number of para-hydroxylation sites is 1. The Balaban J connectivity index is 1.98. The van der Waals surface area contributed by atoms with Crippen molar-refractivity contribution in [2.75, 3.05) is 39.3 Å². The summed E-state index contributed by atoms with van der Waals surface area (Å²) in [5.74, 6) is -6.74. The number of aromatic hydroxyl groups is 1. The number of hydrazine groups is 2. The van der Waals surface area contributed by atoms with E-state index in [4.69, 9.17) is 17.2 Å². The smallest absolute Gasteiger partial charge is 0.355 e. The number of amides is 12. The van der Waals surface area contributed by atoms with Crippen LogP contribution in [0.1, 0.15) is 84.3 Å². The molecule has 0 spiro atoms. The van der Waals surface area contributed by atoms with Gasteiger partial charge in [-0.3, -0.25) is 43.8 Å². The van der Waals surface area contributed by atoms with Gasteiger partial charge in [-0.1, -0.05) is 44.2 Å². The fraction of sp³-hybridized carbons (Fsp3) is 0.529. The molecule has 0 unspecified atom stereocenters. The van der Waals surface area contributed by atoms with Gasteiger partial charge in [0.15, 0.2) is 0 Å². The van der Waals surface area contributed by atoms with Crippen LogP contribution in [0.25, 0.3) is 10.9 Å². The van der Waals surface area contributed by atoms with E-state index in [9.17, 15) is 63.3 Å². The van der Waals surface area contributed by atoms with Gasteiger partial charge in [0.05, 0.1) is 25.8 Å².